The van der Waals surface area contributed by atoms with Gasteiger partial charge in [0.25, 0.3) is 0 Å². The van der Waals surface area contributed by atoms with Crippen molar-refractivity contribution in [3.05, 3.63) is 0 Å². The van der Waals surface area contributed by atoms with Crippen LogP contribution in [-0.4, -0.2) is 23.4 Å². The maximum Gasteiger partial charge on any atom is 0.312 e. The second-order valence-corrected chi connectivity index (χ2v) is 7.08. The van der Waals surface area contributed by atoms with Gasteiger partial charge in [0.15, 0.2) is 0 Å². The minimum atomic E-state index is 0.102. The van der Waals surface area contributed by atoms with Crippen molar-refractivity contribution in [2.45, 2.75) is 80.3 Å². The van der Waals surface area contributed by atoms with Gasteiger partial charge in [0.1, 0.15) is 0 Å². The van der Waals surface area contributed by atoms with Crippen LogP contribution in [0.5, 0.6) is 0 Å². The molecular weight excluding hydrogens is 210 g/mol. The first kappa shape index (κ1) is 16.5. The molecule has 0 N–H and O–H groups in total. The van der Waals surface area contributed by atoms with E-state index in [1.807, 2.05) is 4.90 Å². The van der Waals surface area contributed by atoms with E-state index in [1.165, 1.54) is 0 Å². The molecule has 0 bridgehead atoms. The van der Waals surface area contributed by atoms with Crippen molar-refractivity contribution in [1.82, 2.24) is 4.90 Å². The van der Waals surface area contributed by atoms with Crippen LogP contribution in [-0.2, 0) is 4.79 Å². The summed E-state index contributed by atoms with van der Waals surface area (Å²) >= 11 is 0. The Labute approximate surface area is 108 Å². The molecule has 17 heavy (non-hydrogen) atoms. The third-order valence-electron chi connectivity index (χ3n) is 3.55. The molecule has 0 aliphatic rings. The fourth-order valence-electron chi connectivity index (χ4n) is 2.80. The van der Waals surface area contributed by atoms with Gasteiger partial charge >= 0.3 is 6.41 Å². The van der Waals surface area contributed by atoms with Gasteiger partial charge in [-0.2, -0.15) is 0 Å². The van der Waals surface area contributed by atoms with E-state index in [9.17, 15) is 4.79 Å². The number of hydrogen-bond donors (Lipinski definition) is 0. The summed E-state index contributed by atoms with van der Waals surface area (Å²) in [6.45, 7) is 17.5. The summed E-state index contributed by atoms with van der Waals surface area (Å²) in [5, 5.41) is 0. The Hall–Kier alpha value is -0.530. The fourth-order valence-corrected chi connectivity index (χ4v) is 2.80. The second kappa shape index (κ2) is 5.88. The zero-order valence-electron chi connectivity index (χ0n) is 12.9. The van der Waals surface area contributed by atoms with Crippen molar-refractivity contribution in [1.29, 1.82) is 0 Å². The molecule has 0 aromatic carbocycles. The van der Waals surface area contributed by atoms with E-state index in [1.54, 1.807) is 0 Å². The predicted octanol–water partition coefficient (Wildman–Crippen LogP) is 4.01. The van der Waals surface area contributed by atoms with Crippen LogP contribution in [0.15, 0.2) is 0 Å². The molecule has 1 radical (unpaired) electrons. The Morgan fingerprint density at radius 1 is 0.882 bits per heavy atom. The molecule has 101 valence electrons. The first-order valence-electron chi connectivity index (χ1n) is 6.75. The maximum absolute atomic E-state index is 11.4. The van der Waals surface area contributed by atoms with Gasteiger partial charge in [-0.25, -0.2) is 0 Å². The van der Waals surface area contributed by atoms with Gasteiger partial charge in [0.05, 0.1) is 0 Å². The fraction of sp³-hybridized carbons (Fsp3) is 0.933. The van der Waals surface area contributed by atoms with Crippen LogP contribution < -0.4 is 0 Å². The molecule has 2 unspecified atom stereocenters. The van der Waals surface area contributed by atoms with Gasteiger partial charge in [-0.1, -0.05) is 55.4 Å². The zero-order chi connectivity index (χ0) is 13.9. The van der Waals surface area contributed by atoms with Crippen molar-refractivity contribution in [2.75, 3.05) is 0 Å². The van der Waals surface area contributed by atoms with E-state index in [4.69, 9.17) is 0 Å². The monoisotopic (exact) mass is 240 g/mol. The van der Waals surface area contributed by atoms with Crippen molar-refractivity contribution in [2.24, 2.45) is 10.8 Å². The van der Waals surface area contributed by atoms with Gasteiger partial charge in [-0.3, -0.25) is 4.79 Å². The van der Waals surface area contributed by atoms with Gasteiger partial charge in [0, 0.05) is 12.1 Å². The van der Waals surface area contributed by atoms with Crippen LogP contribution in [0.2, 0.25) is 0 Å². The van der Waals surface area contributed by atoms with E-state index in [0.717, 1.165) is 12.8 Å². The quantitative estimate of drug-likeness (QED) is 0.665. The molecule has 0 fully saturated rings. The van der Waals surface area contributed by atoms with Crippen LogP contribution in [0.4, 0.5) is 0 Å². The molecule has 0 rings (SSSR count). The van der Waals surface area contributed by atoms with Gasteiger partial charge in [0.2, 0.25) is 0 Å². The SMILES string of the molecule is CCC(N([C]=O)C(CC)C(C)(C)C)C(C)(C)C. The van der Waals surface area contributed by atoms with Crippen LogP contribution in [0.25, 0.3) is 0 Å². The van der Waals surface area contributed by atoms with E-state index in [0.29, 0.717) is 0 Å². The average molecular weight is 240 g/mol. The Bertz CT molecular complexity index is 212. The molecule has 0 aromatic rings. The average Bonchev–Trinajstić information content (AvgIpc) is 2.13. The summed E-state index contributed by atoms with van der Waals surface area (Å²) in [6, 6.07) is 0.508. The van der Waals surface area contributed by atoms with Crippen molar-refractivity contribution in [3.63, 3.8) is 0 Å². The van der Waals surface area contributed by atoms with Crippen LogP contribution in [0.3, 0.4) is 0 Å². The minimum absolute atomic E-state index is 0.102. The minimum Gasteiger partial charge on any atom is -0.327 e. The molecular formula is C15H30NO. The smallest absolute Gasteiger partial charge is 0.312 e. The Balaban J connectivity index is 5.22. The first-order valence-corrected chi connectivity index (χ1v) is 6.75. The third kappa shape index (κ3) is 4.33. The van der Waals surface area contributed by atoms with Crippen molar-refractivity contribution in [3.8, 4) is 0 Å². The van der Waals surface area contributed by atoms with Crippen LogP contribution in [0, 0.1) is 10.8 Å². The molecule has 0 saturated heterocycles. The summed E-state index contributed by atoms with van der Waals surface area (Å²) in [4.78, 5) is 13.3. The Morgan fingerprint density at radius 3 is 1.29 bits per heavy atom. The first-order chi connectivity index (χ1) is 7.59. The summed E-state index contributed by atoms with van der Waals surface area (Å²) in [5.41, 5.74) is 0.204. The Morgan fingerprint density at radius 2 is 1.18 bits per heavy atom. The predicted molar refractivity (Wildman–Crippen MR) is 74.6 cm³/mol. The lowest BCUT2D eigenvalue weighted by Gasteiger charge is -2.45. The number of hydrogen-bond acceptors (Lipinski definition) is 1. The lowest BCUT2D eigenvalue weighted by atomic mass is 9.78. The highest BCUT2D eigenvalue weighted by atomic mass is 16.1. The highest BCUT2D eigenvalue weighted by Gasteiger charge is 2.37. The number of rotatable bonds is 5. The molecule has 0 aliphatic heterocycles. The molecule has 0 heterocycles. The van der Waals surface area contributed by atoms with Crippen molar-refractivity contribution < 1.29 is 4.79 Å². The molecule has 2 nitrogen and oxygen atoms in total. The lowest BCUT2D eigenvalue weighted by molar-refractivity contribution is 0.0630. The summed E-state index contributed by atoms with van der Waals surface area (Å²) in [6.07, 6.45) is 4.16. The van der Waals surface area contributed by atoms with E-state index >= 15 is 0 Å². The number of amides is 1. The number of nitrogens with zero attached hydrogens (tertiary/aromatic N) is 1. The van der Waals surface area contributed by atoms with Gasteiger partial charge < -0.3 is 4.90 Å². The third-order valence-corrected chi connectivity index (χ3v) is 3.55. The molecule has 2 atom stereocenters. The zero-order valence-corrected chi connectivity index (χ0v) is 12.9. The number of carbonyl (C=O) groups excluding carboxylic acids is 1. The van der Waals surface area contributed by atoms with E-state index in [2.05, 4.69) is 61.8 Å². The largest absolute Gasteiger partial charge is 0.327 e. The van der Waals surface area contributed by atoms with E-state index in [-0.39, 0.29) is 22.9 Å². The highest BCUT2D eigenvalue weighted by molar-refractivity contribution is 5.50. The maximum atomic E-state index is 11.4. The summed E-state index contributed by atoms with van der Waals surface area (Å²) in [5.74, 6) is 0. The second-order valence-electron chi connectivity index (χ2n) is 7.08. The van der Waals surface area contributed by atoms with Crippen LogP contribution >= 0.6 is 0 Å². The Kier molecular flexibility index (Phi) is 5.70. The summed E-state index contributed by atoms with van der Waals surface area (Å²) in [7, 11) is 0. The van der Waals surface area contributed by atoms with Crippen molar-refractivity contribution >= 4 is 6.41 Å². The molecule has 0 saturated carbocycles. The lowest BCUT2D eigenvalue weighted by Crippen LogP contribution is -2.52. The highest BCUT2D eigenvalue weighted by Crippen LogP contribution is 2.34. The van der Waals surface area contributed by atoms with E-state index < -0.39 is 0 Å². The van der Waals surface area contributed by atoms with Gasteiger partial charge in [-0.05, 0) is 23.7 Å². The standard InChI is InChI=1S/C15H30NO/c1-9-12(14(3,4)5)16(11-17)13(10-2)15(6,7)8/h12-13H,9-10H2,1-8H3. The van der Waals surface area contributed by atoms with Gasteiger partial charge in [-0.15, -0.1) is 0 Å². The molecule has 0 spiro atoms. The topological polar surface area (TPSA) is 20.3 Å². The molecule has 1 amide bonds. The normalized spacial score (nSPS) is 16.5. The molecule has 0 aromatic heterocycles. The molecule has 2 heteroatoms. The van der Waals surface area contributed by atoms with Crippen LogP contribution in [0.1, 0.15) is 68.2 Å². The molecule has 0 aliphatic carbocycles. The summed E-state index contributed by atoms with van der Waals surface area (Å²) < 4.78 is 0.